The fourth-order valence-electron chi connectivity index (χ4n) is 0.640. The van der Waals surface area contributed by atoms with Crippen LogP contribution < -0.4 is 0 Å². The topological polar surface area (TPSA) is 65.0 Å². The van der Waals surface area contributed by atoms with Gasteiger partial charge in [-0.25, -0.2) is 0 Å². The third-order valence-electron chi connectivity index (χ3n) is 1.21. The highest BCUT2D eigenvalue weighted by molar-refractivity contribution is 6.26. The van der Waals surface area contributed by atoms with Gasteiger partial charge >= 0.3 is 5.97 Å². The molecule has 0 amide bonds. The molecule has 0 aromatic rings. The summed E-state index contributed by atoms with van der Waals surface area (Å²) < 4.78 is 14.6. The average Bonchev–Trinajstić information content (AvgIpc) is 2.21. The van der Waals surface area contributed by atoms with Gasteiger partial charge in [-0.3, -0.25) is 4.79 Å². The summed E-state index contributed by atoms with van der Waals surface area (Å²) in [5.41, 5.74) is 0. The molecule has 5 nitrogen and oxygen atoms in total. The van der Waals surface area contributed by atoms with E-state index in [-0.39, 0.29) is 19.1 Å². The second kappa shape index (κ2) is 10.7. The first kappa shape index (κ1) is 13.6. The van der Waals surface area contributed by atoms with Gasteiger partial charge in [-0.1, -0.05) is 0 Å². The van der Waals surface area contributed by atoms with E-state index >= 15 is 0 Å². The summed E-state index contributed by atoms with van der Waals surface area (Å²) in [6, 6.07) is 0. The van der Waals surface area contributed by atoms with Crippen molar-refractivity contribution in [3.63, 3.8) is 0 Å². The number of ether oxygens (including phenoxy) is 3. The minimum Gasteiger partial charge on any atom is -0.462 e. The van der Waals surface area contributed by atoms with Crippen LogP contribution in [0.3, 0.4) is 0 Å². The van der Waals surface area contributed by atoms with Crippen molar-refractivity contribution in [1.29, 1.82) is 0 Å². The van der Waals surface area contributed by atoms with Gasteiger partial charge < -0.3 is 19.3 Å². The van der Waals surface area contributed by atoms with Crippen LogP contribution >= 0.6 is 11.6 Å². The molecule has 0 atom stereocenters. The normalized spacial score (nSPS) is 10.1. The van der Waals surface area contributed by atoms with Crippen molar-refractivity contribution in [2.75, 3.05) is 45.5 Å². The molecule has 0 saturated carbocycles. The highest BCUT2D eigenvalue weighted by Crippen LogP contribution is 1.84. The fourth-order valence-corrected chi connectivity index (χ4v) is 0.717. The van der Waals surface area contributed by atoms with Crippen LogP contribution in [-0.4, -0.2) is 56.6 Å². The molecule has 0 aliphatic heterocycles. The Morgan fingerprint density at radius 2 is 1.64 bits per heavy atom. The summed E-state index contributed by atoms with van der Waals surface area (Å²) in [5, 5.41) is 8.36. The average molecular weight is 227 g/mol. The molecule has 0 rings (SSSR count). The monoisotopic (exact) mass is 226 g/mol. The van der Waals surface area contributed by atoms with Gasteiger partial charge in [0.05, 0.1) is 33.0 Å². The van der Waals surface area contributed by atoms with E-state index in [2.05, 4.69) is 4.74 Å². The molecule has 14 heavy (non-hydrogen) atoms. The maximum atomic E-state index is 10.5. The van der Waals surface area contributed by atoms with Crippen molar-refractivity contribution >= 4 is 17.6 Å². The van der Waals surface area contributed by atoms with Crippen molar-refractivity contribution in [2.45, 2.75) is 0 Å². The Hall–Kier alpha value is -0.360. The van der Waals surface area contributed by atoms with E-state index in [1.165, 1.54) is 0 Å². The smallest absolute Gasteiger partial charge is 0.320 e. The molecular formula is C8H15ClO5. The predicted molar refractivity (Wildman–Crippen MR) is 50.4 cm³/mol. The molecule has 0 aromatic heterocycles. The van der Waals surface area contributed by atoms with Crippen LogP contribution in [0.2, 0.25) is 0 Å². The first-order chi connectivity index (χ1) is 6.81. The minimum absolute atomic E-state index is 0.00728. The SMILES string of the molecule is O=C(CCl)OCCOCCOCCO. The predicted octanol–water partition coefficient (Wildman–Crippen LogP) is -0.206. The molecule has 0 spiro atoms. The van der Waals surface area contributed by atoms with E-state index in [1.54, 1.807) is 0 Å². The largest absolute Gasteiger partial charge is 0.462 e. The fraction of sp³-hybridized carbons (Fsp3) is 0.875. The van der Waals surface area contributed by atoms with Gasteiger partial charge in [0.25, 0.3) is 0 Å². The van der Waals surface area contributed by atoms with Gasteiger partial charge in [-0.05, 0) is 0 Å². The Morgan fingerprint density at radius 1 is 1.07 bits per heavy atom. The molecule has 0 fully saturated rings. The number of esters is 1. The molecule has 0 aliphatic carbocycles. The number of hydrogen-bond acceptors (Lipinski definition) is 5. The van der Waals surface area contributed by atoms with Crippen LogP contribution in [0, 0.1) is 0 Å². The number of aliphatic hydroxyl groups is 1. The molecule has 84 valence electrons. The summed E-state index contributed by atoms with van der Waals surface area (Å²) in [6.07, 6.45) is 0. The Balaban J connectivity index is 2.95. The summed E-state index contributed by atoms with van der Waals surface area (Å²) >= 11 is 5.19. The van der Waals surface area contributed by atoms with E-state index in [1.807, 2.05) is 0 Å². The number of carbonyl (C=O) groups is 1. The second-order valence-corrected chi connectivity index (χ2v) is 2.57. The van der Waals surface area contributed by atoms with E-state index < -0.39 is 5.97 Å². The van der Waals surface area contributed by atoms with Crippen molar-refractivity contribution < 1.29 is 24.1 Å². The summed E-state index contributed by atoms with van der Waals surface area (Å²) in [5.74, 6) is -0.591. The van der Waals surface area contributed by atoms with Gasteiger partial charge in [0.2, 0.25) is 0 Å². The number of hydrogen-bond donors (Lipinski definition) is 1. The zero-order chi connectivity index (χ0) is 10.6. The molecule has 0 heterocycles. The van der Waals surface area contributed by atoms with Crippen molar-refractivity contribution in [2.24, 2.45) is 0 Å². The molecular weight excluding hydrogens is 212 g/mol. The van der Waals surface area contributed by atoms with Crippen LogP contribution in [0.1, 0.15) is 0 Å². The summed E-state index contributed by atoms with van der Waals surface area (Å²) in [6.45, 7) is 1.68. The highest BCUT2D eigenvalue weighted by Gasteiger charge is 1.98. The third-order valence-corrected chi connectivity index (χ3v) is 1.43. The van der Waals surface area contributed by atoms with Crippen LogP contribution in [0.15, 0.2) is 0 Å². The van der Waals surface area contributed by atoms with Gasteiger partial charge in [-0.2, -0.15) is 0 Å². The highest BCUT2D eigenvalue weighted by atomic mass is 35.5. The standard InChI is InChI=1S/C8H15ClO5/c9-7-8(11)14-6-5-13-4-3-12-2-1-10/h10H,1-7H2. The van der Waals surface area contributed by atoms with Crippen molar-refractivity contribution in [3.05, 3.63) is 0 Å². The van der Waals surface area contributed by atoms with Gasteiger partial charge in [0.15, 0.2) is 0 Å². The third kappa shape index (κ3) is 9.73. The van der Waals surface area contributed by atoms with Gasteiger partial charge in [-0.15, -0.1) is 11.6 Å². The lowest BCUT2D eigenvalue weighted by atomic mass is 10.7. The molecule has 0 radical (unpaired) electrons. The van der Waals surface area contributed by atoms with Crippen molar-refractivity contribution in [3.8, 4) is 0 Å². The Morgan fingerprint density at radius 3 is 2.21 bits per heavy atom. The first-order valence-corrected chi connectivity index (χ1v) is 4.82. The number of rotatable bonds is 9. The van der Waals surface area contributed by atoms with Crippen LogP contribution in [0.5, 0.6) is 0 Å². The van der Waals surface area contributed by atoms with Gasteiger partial charge in [0.1, 0.15) is 12.5 Å². The number of carbonyl (C=O) groups excluding carboxylic acids is 1. The maximum absolute atomic E-state index is 10.5. The number of halogens is 1. The first-order valence-electron chi connectivity index (χ1n) is 4.29. The van der Waals surface area contributed by atoms with Crippen LogP contribution in [0.4, 0.5) is 0 Å². The van der Waals surface area contributed by atoms with Crippen LogP contribution in [0.25, 0.3) is 0 Å². The molecule has 6 heteroatoms. The number of alkyl halides is 1. The molecule has 0 aromatic carbocycles. The van der Waals surface area contributed by atoms with E-state index in [4.69, 9.17) is 26.2 Å². The van der Waals surface area contributed by atoms with Gasteiger partial charge in [0, 0.05) is 0 Å². The summed E-state index contributed by atoms with van der Waals surface area (Å²) in [7, 11) is 0. The lowest BCUT2D eigenvalue weighted by molar-refractivity contribution is -0.142. The molecule has 0 unspecified atom stereocenters. The van der Waals surface area contributed by atoms with Crippen molar-refractivity contribution in [1.82, 2.24) is 0 Å². The van der Waals surface area contributed by atoms with E-state index in [9.17, 15) is 4.79 Å². The quantitative estimate of drug-likeness (QED) is 0.335. The second-order valence-electron chi connectivity index (χ2n) is 2.30. The Labute approximate surface area is 87.9 Å². The Kier molecular flexibility index (Phi) is 10.4. The molecule has 0 saturated heterocycles. The summed E-state index contributed by atoms with van der Waals surface area (Å²) in [4.78, 5) is 10.5. The molecule has 1 N–H and O–H groups in total. The lowest BCUT2D eigenvalue weighted by Crippen LogP contribution is -2.13. The lowest BCUT2D eigenvalue weighted by Gasteiger charge is -2.05. The zero-order valence-electron chi connectivity index (χ0n) is 7.91. The Bertz CT molecular complexity index is 142. The van der Waals surface area contributed by atoms with E-state index in [0.29, 0.717) is 26.4 Å². The number of aliphatic hydroxyl groups excluding tert-OH is 1. The molecule has 0 bridgehead atoms. The maximum Gasteiger partial charge on any atom is 0.320 e. The minimum atomic E-state index is -0.452. The zero-order valence-corrected chi connectivity index (χ0v) is 8.66. The molecule has 0 aliphatic rings. The van der Waals surface area contributed by atoms with E-state index in [0.717, 1.165) is 0 Å². The van der Waals surface area contributed by atoms with Crippen LogP contribution in [-0.2, 0) is 19.0 Å².